The summed E-state index contributed by atoms with van der Waals surface area (Å²) in [4.78, 5) is 40.0. The molecule has 0 aliphatic rings. The zero-order valence-electron chi connectivity index (χ0n) is 17.9. The van der Waals surface area contributed by atoms with Gasteiger partial charge >= 0.3 is 5.97 Å². The fraction of sp³-hybridized carbons (Fsp3) is 0.261. The number of hydrogen-bond acceptors (Lipinski definition) is 5. The zero-order valence-corrected chi connectivity index (χ0v) is 17.9. The van der Waals surface area contributed by atoms with E-state index in [0.717, 1.165) is 22.2 Å². The van der Waals surface area contributed by atoms with Crippen LogP contribution in [0.3, 0.4) is 0 Å². The second-order valence-corrected chi connectivity index (χ2v) is 7.18. The lowest BCUT2D eigenvalue weighted by molar-refractivity contribution is -0.119. The molecule has 8 nitrogen and oxygen atoms in total. The topological polar surface area (TPSA) is 110 Å². The highest BCUT2D eigenvalue weighted by molar-refractivity contribution is 6.06. The van der Waals surface area contributed by atoms with E-state index in [1.165, 1.54) is 20.3 Å². The molecular formula is C23H25N3O5. The Morgan fingerprint density at radius 2 is 1.84 bits per heavy atom. The average Bonchev–Trinajstić information content (AvgIpc) is 3.05. The first kappa shape index (κ1) is 22.0. The van der Waals surface area contributed by atoms with E-state index in [2.05, 4.69) is 15.6 Å². The smallest absolute Gasteiger partial charge is 0.337 e. The van der Waals surface area contributed by atoms with E-state index >= 15 is 0 Å². The number of carbonyl (C=O) groups is 3. The second-order valence-electron chi connectivity index (χ2n) is 7.18. The third kappa shape index (κ3) is 4.92. The Hall–Kier alpha value is -3.65. The van der Waals surface area contributed by atoms with Crippen LogP contribution < -0.4 is 10.6 Å². The van der Waals surface area contributed by atoms with Gasteiger partial charge in [-0.1, -0.05) is 12.1 Å². The maximum absolute atomic E-state index is 12.9. The lowest BCUT2D eigenvalue weighted by atomic mass is 10.1. The molecule has 0 bridgehead atoms. The molecule has 0 saturated carbocycles. The molecule has 0 aliphatic carbocycles. The van der Waals surface area contributed by atoms with Crippen molar-refractivity contribution in [2.45, 2.75) is 20.4 Å². The van der Waals surface area contributed by atoms with Crippen LogP contribution in [0.15, 0.2) is 36.4 Å². The monoisotopic (exact) mass is 423 g/mol. The van der Waals surface area contributed by atoms with E-state index in [4.69, 9.17) is 9.47 Å². The van der Waals surface area contributed by atoms with Crippen molar-refractivity contribution in [2.75, 3.05) is 26.1 Å². The van der Waals surface area contributed by atoms with Crippen LogP contribution in [0.25, 0.3) is 10.9 Å². The Morgan fingerprint density at radius 3 is 2.55 bits per heavy atom. The van der Waals surface area contributed by atoms with Crippen molar-refractivity contribution in [3.63, 3.8) is 0 Å². The standard InChI is InChI=1S/C23H25N3O5/c1-13-14(2)25-21-18(13)6-5-7-19(21)22(28)24-11-15-8-16(23(29)31-4)10-17(9-15)26-20(27)12-30-3/h5-10,25H,11-12H2,1-4H3,(H,24,28)(H,26,27). The number of amides is 2. The number of nitrogens with one attached hydrogen (secondary N) is 3. The molecule has 2 amide bonds. The maximum atomic E-state index is 12.9. The molecule has 3 N–H and O–H groups in total. The number of aromatic nitrogens is 1. The van der Waals surface area contributed by atoms with Gasteiger partial charge in [0.2, 0.25) is 5.91 Å². The van der Waals surface area contributed by atoms with Gasteiger partial charge in [-0.15, -0.1) is 0 Å². The molecule has 0 radical (unpaired) electrons. The van der Waals surface area contributed by atoms with Crippen LogP contribution in [0.1, 0.15) is 37.5 Å². The summed E-state index contributed by atoms with van der Waals surface area (Å²) >= 11 is 0. The summed E-state index contributed by atoms with van der Waals surface area (Å²) in [7, 11) is 2.69. The molecule has 0 fully saturated rings. The highest BCUT2D eigenvalue weighted by Crippen LogP contribution is 2.24. The van der Waals surface area contributed by atoms with Crippen molar-refractivity contribution in [1.29, 1.82) is 0 Å². The normalized spacial score (nSPS) is 10.7. The molecule has 31 heavy (non-hydrogen) atoms. The molecule has 0 atom stereocenters. The third-order valence-electron chi connectivity index (χ3n) is 5.01. The van der Waals surface area contributed by atoms with Crippen LogP contribution in [0.5, 0.6) is 0 Å². The van der Waals surface area contributed by atoms with Crippen molar-refractivity contribution in [3.05, 3.63) is 64.3 Å². The van der Waals surface area contributed by atoms with E-state index in [9.17, 15) is 14.4 Å². The van der Waals surface area contributed by atoms with Crippen molar-refractivity contribution in [1.82, 2.24) is 10.3 Å². The van der Waals surface area contributed by atoms with E-state index in [0.29, 0.717) is 16.8 Å². The fourth-order valence-electron chi connectivity index (χ4n) is 3.38. The summed E-state index contributed by atoms with van der Waals surface area (Å²) in [5, 5.41) is 6.54. The summed E-state index contributed by atoms with van der Waals surface area (Å²) < 4.78 is 9.60. The van der Waals surface area contributed by atoms with Gasteiger partial charge in [-0.05, 0) is 49.2 Å². The largest absolute Gasteiger partial charge is 0.465 e. The van der Waals surface area contributed by atoms with Gasteiger partial charge in [0, 0.05) is 30.4 Å². The number of fused-ring (bicyclic) bond motifs is 1. The Bertz CT molecular complexity index is 1150. The Balaban J connectivity index is 1.83. The fourth-order valence-corrected chi connectivity index (χ4v) is 3.38. The summed E-state index contributed by atoms with van der Waals surface area (Å²) in [5.41, 5.74) is 4.74. The molecule has 0 aliphatic heterocycles. The first-order valence-electron chi connectivity index (χ1n) is 9.71. The summed E-state index contributed by atoms with van der Waals surface area (Å²) in [5.74, 6) is -1.15. The number of benzene rings is 2. The SMILES string of the molecule is COCC(=O)Nc1cc(CNC(=O)c2cccc3c(C)c(C)[nH]c23)cc(C(=O)OC)c1. The quantitative estimate of drug-likeness (QED) is 0.506. The number of rotatable bonds is 7. The van der Waals surface area contributed by atoms with Gasteiger partial charge in [0.05, 0.1) is 23.8 Å². The van der Waals surface area contributed by atoms with Crippen molar-refractivity contribution >= 4 is 34.4 Å². The summed E-state index contributed by atoms with van der Waals surface area (Å²) in [6, 6.07) is 10.4. The number of esters is 1. The first-order valence-corrected chi connectivity index (χ1v) is 9.71. The van der Waals surface area contributed by atoms with Crippen LogP contribution in [-0.2, 0) is 20.8 Å². The number of aromatic amines is 1. The predicted molar refractivity (Wildman–Crippen MR) is 117 cm³/mol. The van der Waals surface area contributed by atoms with E-state index in [1.807, 2.05) is 26.0 Å². The number of aryl methyl sites for hydroxylation is 2. The van der Waals surface area contributed by atoms with Gasteiger partial charge in [0.15, 0.2) is 0 Å². The lowest BCUT2D eigenvalue weighted by Gasteiger charge is -2.11. The van der Waals surface area contributed by atoms with Crippen LogP contribution in [0.4, 0.5) is 5.69 Å². The van der Waals surface area contributed by atoms with Crippen molar-refractivity contribution in [2.24, 2.45) is 0 Å². The van der Waals surface area contributed by atoms with Gasteiger partial charge in [0.1, 0.15) is 6.61 Å². The highest BCUT2D eigenvalue weighted by atomic mass is 16.5. The van der Waals surface area contributed by atoms with E-state index in [-0.39, 0.29) is 30.5 Å². The molecule has 0 spiro atoms. The van der Waals surface area contributed by atoms with Gasteiger partial charge in [-0.25, -0.2) is 4.79 Å². The van der Waals surface area contributed by atoms with Crippen LogP contribution in [-0.4, -0.2) is 43.6 Å². The third-order valence-corrected chi connectivity index (χ3v) is 5.01. The molecule has 3 rings (SSSR count). The van der Waals surface area contributed by atoms with Crippen LogP contribution in [0.2, 0.25) is 0 Å². The zero-order chi connectivity index (χ0) is 22.5. The molecule has 0 saturated heterocycles. The van der Waals surface area contributed by atoms with Gasteiger partial charge in [-0.2, -0.15) is 0 Å². The summed E-state index contributed by atoms with van der Waals surface area (Å²) in [6.07, 6.45) is 0. The van der Waals surface area contributed by atoms with E-state index < -0.39 is 5.97 Å². The molecular weight excluding hydrogens is 398 g/mol. The molecule has 3 aromatic rings. The van der Waals surface area contributed by atoms with E-state index in [1.54, 1.807) is 18.2 Å². The second kappa shape index (κ2) is 9.44. The van der Waals surface area contributed by atoms with Gasteiger partial charge in [-0.3, -0.25) is 9.59 Å². The number of carbonyl (C=O) groups excluding carboxylic acids is 3. The molecule has 1 heterocycles. The first-order chi connectivity index (χ1) is 14.8. The average molecular weight is 423 g/mol. The van der Waals surface area contributed by atoms with Crippen molar-refractivity contribution in [3.8, 4) is 0 Å². The van der Waals surface area contributed by atoms with Gasteiger partial charge in [0.25, 0.3) is 5.91 Å². The predicted octanol–water partition coefficient (Wildman–Crippen LogP) is 3.09. The number of ether oxygens (including phenoxy) is 2. The van der Waals surface area contributed by atoms with Crippen molar-refractivity contribution < 1.29 is 23.9 Å². The van der Waals surface area contributed by atoms with Crippen LogP contribution in [0, 0.1) is 13.8 Å². The summed E-state index contributed by atoms with van der Waals surface area (Å²) in [6.45, 7) is 4.02. The molecule has 2 aromatic carbocycles. The molecule has 0 unspecified atom stereocenters. The molecule has 1 aromatic heterocycles. The Labute approximate surface area is 179 Å². The minimum absolute atomic E-state index is 0.118. The highest BCUT2D eigenvalue weighted by Gasteiger charge is 2.15. The number of methoxy groups -OCH3 is 2. The Morgan fingerprint density at radius 1 is 1.06 bits per heavy atom. The number of anilines is 1. The minimum atomic E-state index is -0.544. The molecule has 162 valence electrons. The Kier molecular flexibility index (Phi) is 6.71. The number of H-pyrrole nitrogens is 1. The number of hydrogen-bond donors (Lipinski definition) is 3. The van der Waals surface area contributed by atoms with Gasteiger partial charge < -0.3 is 25.1 Å². The minimum Gasteiger partial charge on any atom is -0.465 e. The maximum Gasteiger partial charge on any atom is 0.337 e. The number of para-hydroxylation sites is 1. The lowest BCUT2D eigenvalue weighted by Crippen LogP contribution is -2.23. The van der Waals surface area contributed by atoms with Crippen LogP contribution >= 0.6 is 0 Å². The molecule has 8 heteroatoms.